The third kappa shape index (κ3) is 2.22. The van der Waals surface area contributed by atoms with Gasteiger partial charge in [0.2, 0.25) is 11.8 Å². The van der Waals surface area contributed by atoms with E-state index in [9.17, 15) is 9.59 Å². The molecule has 2 N–H and O–H groups in total. The molecular formula is C14H16ClN3O2. The Hall–Kier alpha value is -1.75. The Labute approximate surface area is 122 Å². The lowest BCUT2D eigenvalue weighted by atomic mass is 10.1. The minimum atomic E-state index is -0.281. The van der Waals surface area contributed by atoms with Gasteiger partial charge in [-0.15, -0.1) is 0 Å². The van der Waals surface area contributed by atoms with Gasteiger partial charge in [0.1, 0.15) is 12.6 Å². The quantitative estimate of drug-likeness (QED) is 0.835. The molecule has 106 valence electrons. The SMILES string of the molecule is Nc1ccc(Cl)c(CN2CC(=O)N3CCCC3C2=O)c1. The van der Waals surface area contributed by atoms with Gasteiger partial charge in [0, 0.05) is 23.8 Å². The van der Waals surface area contributed by atoms with Gasteiger partial charge in [0.05, 0.1) is 0 Å². The number of piperazine rings is 1. The lowest BCUT2D eigenvalue weighted by molar-refractivity contribution is -0.154. The predicted molar refractivity (Wildman–Crippen MR) is 76.0 cm³/mol. The maximum absolute atomic E-state index is 12.4. The van der Waals surface area contributed by atoms with E-state index in [1.807, 2.05) is 0 Å². The number of hydrogen-bond donors (Lipinski definition) is 1. The van der Waals surface area contributed by atoms with Gasteiger partial charge in [-0.2, -0.15) is 0 Å². The van der Waals surface area contributed by atoms with E-state index in [0.717, 1.165) is 18.4 Å². The molecule has 0 spiro atoms. The van der Waals surface area contributed by atoms with Crippen molar-refractivity contribution in [3.05, 3.63) is 28.8 Å². The van der Waals surface area contributed by atoms with Crippen LogP contribution in [0.5, 0.6) is 0 Å². The van der Waals surface area contributed by atoms with Gasteiger partial charge in [-0.25, -0.2) is 0 Å². The third-order valence-corrected chi connectivity index (χ3v) is 4.30. The number of amides is 2. The average Bonchev–Trinajstić information content (AvgIpc) is 2.90. The molecule has 1 unspecified atom stereocenters. The van der Waals surface area contributed by atoms with E-state index >= 15 is 0 Å². The maximum atomic E-state index is 12.4. The molecule has 1 aromatic carbocycles. The molecule has 20 heavy (non-hydrogen) atoms. The molecule has 2 aliphatic rings. The highest BCUT2D eigenvalue weighted by Gasteiger charge is 2.41. The van der Waals surface area contributed by atoms with Crippen LogP contribution >= 0.6 is 11.6 Å². The Balaban J connectivity index is 1.82. The summed E-state index contributed by atoms with van der Waals surface area (Å²) in [5.74, 6) is 0.0349. The molecule has 2 heterocycles. The Morgan fingerprint density at radius 2 is 2.15 bits per heavy atom. The molecule has 2 fully saturated rings. The number of carbonyl (C=O) groups excluding carboxylic acids is 2. The minimum Gasteiger partial charge on any atom is -0.399 e. The predicted octanol–water partition coefficient (Wildman–Crippen LogP) is 1.26. The van der Waals surface area contributed by atoms with Crippen molar-refractivity contribution in [2.45, 2.75) is 25.4 Å². The first-order chi connectivity index (χ1) is 9.56. The van der Waals surface area contributed by atoms with Gasteiger partial charge in [-0.05, 0) is 36.6 Å². The van der Waals surface area contributed by atoms with Crippen LogP contribution in [0.15, 0.2) is 18.2 Å². The summed E-state index contributed by atoms with van der Waals surface area (Å²) in [6.45, 7) is 1.15. The number of benzene rings is 1. The monoisotopic (exact) mass is 293 g/mol. The molecule has 0 radical (unpaired) electrons. The fraction of sp³-hybridized carbons (Fsp3) is 0.429. The summed E-state index contributed by atoms with van der Waals surface area (Å²) in [4.78, 5) is 27.7. The number of nitrogens with two attached hydrogens (primary N) is 1. The maximum Gasteiger partial charge on any atom is 0.246 e. The number of nitrogen functional groups attached to an aromatic ring is 1. The fourth-order valence-corrected chi connectivity index (χ4v) is 3.10. The lowest BCUT2D eigenvalue weighted by Crippen LogP contribution is -2.56. The summed E-state index contributed by atoms with van der Waals surface area (Å²) in [7, 11) is 0. The van der Waals surface area contributed by atoms with E-state index in [2.05, 4.69) is 0 Å². The highest BCUT2D eigenvalue weighted by atomic mass is 35.5. The molecule has 6 heteroatoms. The van der Waals surface area contributed by atoms with Crippen LogP contribution in [0.25, 0.3) is 0 Å². The highest BCUT2D eigenvalue weighted by Crippen LogP contribution is 2.26. The molecule has 5 nitrogen and oxygen atoms in total. The first-order valence-corrected chi connectivity index (χ1v) is 7.06. The number of anilines is 1. The molecule has 1 aromatic rings. The summed E-state index contributed by atoms with van der Waals surface area (Å²) in [6.07, 6.45) is 1.65. The molecule has 0 bridgehead atoms. The van der Waals surface area contributed by atoms with Crippen LogP contribution in [-0.2, 0) is 16.1 Å². The van der Waals surface area contributed by atoms with E-state index < -0.39 is 0 Å². The summed E-state index contributed by atoms with van der Waals surface area (Å²) < 4.78 is 0. The Morgan fingerprint density at radius 1 is 1.35 bits per heavy atom. The number of carbonyl (C=O) groups is 2. The molecule has 2 saturated heterocycles. The van der Waals surface area contributed by atoms with Crippen LogP contribution in [0.1, 0.15) is 18.4 Å². The molecule has 0 aromatic heterocycles. The second kappa shape index (κ2) is 4.98. The van der Waals surface area contributed by atoms with Gasteiger partial charge in [-0.1, -0.05) is 11.6 Å². The van der Waals surface area contributed by atoms with Crippen molar-refractivity contribution in [2.75, 3.05) is 18.8 Å². The summed E-state index contributed by atoms with van der Waals surface area (Å²) in [5.41, 5.74) is 7.12. The van der Waals surface area contributed by atoms with Crippen molar-refractivity contribution >= 4 is 29.1 Å². The largest absolute Gasteiger partial charge is 0.399 e. The topological polar surface area (TPSA) is 66.6 Å². The van der Waals surface area contributed by atoms with E-state index in [0.29, 0.717) is 23.8 Å². The first kappa shape index (κ1) is 13.2. The molecule has 0 saturated carbocycles. The van der Waals surface area contributed by atoms with Gasteiger partial charge < -0.3 is 15.5 Å². The number of rotatable bonds is 2. The first-order valence-electron chi connectivity index (χ1n) is 6.68. The Bertz CT molecular complexity index is 576. The standard InChI is InChI=1S/C14H16ClN3O2/c15-11-4-3-10(16)6-9(11)7-17-8-13(19)18-5-1-2-12(18)14(17)20/h3-4,6,12H,1-2,5,7-8,16H2. The molecule has 2 aliphatic heterocycles. The van der Waals surface area contributed by atoms with Crippen molar-refractivity contribution in [1.29, 1.82) is 0 Å². The summed E-state index contributed by atoms with van der Waals surface area (Å²) >= 11 is 6.12. The second-order valence-corrected chi connectivity index (χ2v) is 5.70. The highest BCUT2D eigenvalue weighted by molar-refractivity contribution is 6.31. The number of nitrogens with zero attached hydrogens (tertiary/aromatic N) is 2. The summed E-state index contributed by atoms with van der Waals surface area (Å²) in [6, 6.07) is 4.90. The van der Waals surface area contributed by atoms with Crippen LogP contribution < -0.4 is 5.73 Å². The van der Waals surface area contributed by atoms with Crippen LogP contribution in [0.4, 0.5) is 5.69 Å². The zero-order valence-corrected chi connectivity index (χ0v) is 11.8. The molecule has 3 rings (SSSR count). The zero-order chi connectivity index (χ0) is 14.3. The Morgan fingerprint density at radius 3 is 2.95 bits per heavy atom. The molecule has 2 amide bonds. The van der Waals surface area contributed by atoms with Crippen LogP contribution in [0, 0.1) is 0 Å². The van der Waals surface area contributed by atoms with E-state index in [1.165, 1.54) is 0 Å². The molecule has 1 atom stereocenters. The third-order valence-electron chi connectivity index (χ3n) is 3.93. The molecule has 0 aliphatic carbocycles. The smallest absolute Gasteiger partial charge is 0.246 e. The van der Waals surface area contributed by atoms with Gasteiger partial charge in [-0.3, -0.25) is 9.59 Å². The average molecular weight is 294 g/mol. The van der Waals surface area contributed by atoms with Crippen LogP contribution in [0.3, 0.4) is 0 Å². The Kier molecular flexibility index (Phi) is 3.30. The van der Waals surface area contributed by atoms with Crippen molar-refractivity contribution in [3.8, 4) is 0 Å². The van der Waals surface area contributed by atoms with Gasteiger partial charge >= 0.3 is 0 Å². The summed E-state index contributed by atoms with van der Waals surface area (Å²) in [5, 5.41) is 0.563. The van der Waals surface area contributed by atoms with Crippen LogP contribution in [0.2, 0.25) is 5.02 Å². The normalized spacial score (nSPS) is 22.4. The van der Waals surface area contributed by atoms with E-state index in [1.54, 1.807) is 28.0 Å². The fourth-order valence-electron chi connectivity index (χ4n) is 2.92. The van der Waals surface area contributed by atoms with Crippen molar-refractivity contribution < 1.29 is 9.59 Å². The minimum absolute atomic E-state index is 0.0144. The van der Waals surface area contributed by atoms with Crippen molar-refractivity contribution in [1.82, 2.24) is 9.80 Å². The lowest BCUT2D eigenvalue weighted by Gasteiger charge is -2.36. The van der Waals surface area contributed by atoms with E-state index in [-0.39, 0.29) is 24.4 Å². The van der Waals surface area contributed by atoms with Gasteiger partial charge in [0.15, 0.2) is 0 Å². The van der Waals surface area contributed by atoms with Gasteiger partial charge in [0.25, 0.3) is 0 Å². The molecular weight excluding hydrogens is 278 g/mol. The number of fused-ring (bicyclic) bond motifs is 1. The van der Waals surface area contributed by atoms with Crippen molar-refractivity contribution in [2.24, 2.45) is 0 Å². The van der Waals surface area contributed by atoms with Crippen molar-refractivity contribution in [3.63, 3.8) is 0 Å². The zero-order valence-electron chi connectivity index (χ0n) is 11.0. The second-order valence-electron chi connectivity index (χ2n) is 5.29. The van der Waals surface area contributed by atoms with E-state index in [4.69, 9.17) is 17.3 Å². The van der Waals surface area contributed by atoms with Crippen LogP contribution in [-0.4, -0.2) is 40.7 Å². The number of halogens is 1. The number of hydrogen-bond acceptors (Lipinski definition) is 3.